The molecule has 5 heterocycles. The summed E-state index contributed by atoms with van der Waals surface area (Å²) in [6.07, 6.45) is 3.92. The van der Waals surface area contributed by atoms with E-state index in [9.17, 15) is 9.59 Å². The number of nitrogens with zero attached hydrogens (tertiary/aromatic N) is 4. The lowest BCUT2D eigenvalue weighted by molar-refractivity contribution is 0.0456. The van der Waals surface area contributed by atoms with Crippen LogP contribution in [-0.4, -0.2) is 81.2 Å². The number of aryl methyl sites for hydroxylation is 1. The fourth-order valence-corrected chi connectivity index (χ4v) is 4.24. The number of rotatable bonds is 4. The fraction of sp³-hybridized carbons (Fsp3) is 0.364. The van der Waals surface area contributed by atoms with Crippen LogP contribution in [-0.2, 0) is 11.2 Å². The van der Waals surface area contributed by atoms with Crippen molar-refractivity contribution in [1.29, 1.82) is 0 Å². The number of ketones is 1. The van der Waals surface area contributed by atoms with Crippen molar-refractivity contribution < 1.29 is 14.3 Å². The van der Waals surface area contributed by atoms with Crippen molar-refractivity contribution in [2.24, 2.45) is 0 Å². The molecule has 0 spiro atoms. The predicted molar refractivity (Wildman–Crippen MR) is 120 cm³/mol. The van der Waals surface area contributed by atoms with Crippen LogP contribution in [0.5, 0.6) is 0 Å². The van der Waals surface area contributed by atoms with Crippen LogP contribution in [0, 0.1) is 6.92 Å². The van der Waals surface area contributed by atoms with Crippen LogP contribution in [0.4, 0.5) is 4.79 Å². The zero-order chi connectivity index (χ0) is 22.2. The first kappa shape index (κ1) is 20.7. The average molecular weight is 455 g/mol. The number of morpholine rings is 1. The summed E-state index contributed by atoms with van der Waals surface area (Å²) in [5.74, 6) is -0.160. The summed E-state index contributed by atoms with van der Waals surface area (Å²) < 4.78 is 5.33. The van der Waals surface area contributed by atoms with Gasteiger partial charge in [0, 0.05) is 49.9 Å². The van der Waals surface area contributed by atoms with Gasteiger partial charge in [-0.3, -0.25) is 9.89 Å². The van der Waals surface area contributed by atoms with E-state index in [1.807, 2.05) is 21.9 Å². The number of nitrogens with one attached hydrogen (secondary N) is 2. The minimum Gasteiger partial charge on any atom is -0.378 e. The molecule has 0 aromatic carbocycles. The van der Waals surface area contributed by atoms with Crippen LogP contribution >= 0.6 is 11.6 Å². The van der Waals surface area contributed by atoms with Crippen LogP contribution in [0.25, 0.3) is 16.6 Å². The molecule has 2 amide bonds. The van der Waals surface area contributed by atoms with E-state index >= 15 is 0 Å². The number of ether oxygens (including phenoxy) is 1. The van der Waals surface area contributed by atoms with Gasteiger partial charge in [0.25, 0.3) is 0 Å². The zero-order valence-electron chi connectivity index (χ0n) is 17.7. The number of fused-ring (bicyclic) bond motifs is 1. The van der Waals surface area contributed by atoms with Gasteiger partial charge in [-0.05, 0) is 30.2 Å². The Bertz CT molecular complexity index is 1220. The van der Waals surface area contributed by atoms with E-state index in [2.05, 4.69) is 26.2 Å². The molecule has 2 N–H and O–H groups in total. The Labute approximate surface area is 189 Å². The second-order valence-electron chi connectivity index (χ2n) is 8.07. The molecule has 10 heteroatoms. The van der Waals surface area contributed by atoms with Crippen LogP contribution in [0.3, 0.4) is 0 Å². The smallest absolute Gasteiger partial charge is 0.320 e. The highest BCUT2D eigenvalue weighted by atomic mass is 35.5. The second-order valence-corrected chi connectivity index (χ2v) is 8.45. The van der Waals surface area contributed by atoms with Gasteiger partial charge in [0.2, 0.25) is 0 Å². The quantitative estimate of drug-likeness (QED) is 0.589. The van der Waals surface area contributed by atoms with E-state index < -0.39 is 0 Å². The summed E-state index contributed by atoms with van der Waals surface area (Å²) in [5.41, 5.74) is 4.43. The Kier molecular flexibility index (Phi) is 5.44. The van der Waals surface area contributed by atoms with E-state index in [4.69, 9.17) is 16.3 Å². The van der Waals surface area contributed by atoms with Crippen molar-refractivity contribution in [1.82, 2.24) is 30.0 Å². The first-order valence-electron chi connectivity index (χ1n) is 10.5. The number of aromatic nitrogens is 4. The van der Waals surface area contributed by atoms with E-state index in [1.54, 1.807) is 13.1 Å². The van der Waals surface area contributed by atoms with Gasteiger partial charge in [-0.15, -0.1) is 0 Å². The molecule has 3 aromatic rings. The average Bonchev–Trinajstić information content (AvgIpc) is 3.53. The Balaban J connectivity index is 1.28. The number of hydrogen-bond acceptors (Lipinski definition) is 5. The molecule has 0 bridgehead atoms. The molecule has 5 rings (SSSR count). The monoisotopic (exact) mass is 454 g/mol. The molecule has 0 atom stereocenters. The molecule has 1 saturated heterocycles. The Morgan fingerprint density at radius 1 is 1.22 bits per heavy atom. The largest absolute Gasteiger partial charge is 0.378 e. The maximum absolute atomic E-state index is 12.7. The van der Waals surface area contributed by atoms with Gasteiger partial charge in [0.15, 0.2) is 5.78 Å². The molecule has 0 aliphatic carbocycles. The van der Waals surface area contributed by atoms with Crippen LogP contribution in [0.1, 0.15) is 27.4 Å². The molecule has 2 aliphatic rings. The molecule has 9 nitrogen and oxygen atoms in total. The van der Waals surface area contributed by atoms with Gasteiger partial charge in [-0.25, -0.2) is 9.78 Å². The highest BCUT2D eigenvalue weighted by Gasteiger charge is 2.27. The molecule has 3 aromatic heterocycles. The molecule has 1 fully saturated rings. The number of pyridine rings is 1. The van der Waals surface area contributed by atoms with E-state index in [0.29, 0.717) is 50.1 Å². The van der Waals surface area contributed by atoms with Gasteiger partial charge in [0.05, 0.1) is 23.9 Å². The summed E-state index contributed by atoms with van der Waals surface area (Å²) in [6, 6.07) is 4.00. The molecule has 32 heavy (non-hydrogen) atoms. The summed E-state index contributed by atoms with van der Waals surface area (Å²) >= 11 is 6.15. The van der Waals surface area contributed by atoms with Crippen LogP contribution in [0.15, 0.2) is 24.4 Å². The number of urea groups is 1. The third kappa shape index (κ3) is 3.89. The molecule has 0 radical (unpaired) electrons. The maximum Gasteiger partial charge on any atom is 0.320 e. The van der Waals surface area contributed by atoms with Gasteiger partial charge in [0.1, 0.15) is 11.3 Å². The lowest BCUT2D eigenvalue weighted by Crippen LogP contribution is -2.47. The maximum atomic E-state index is 12.7. The summed E-state index contributed by atoms with van der Waals surface area (Å²) in [6.45, 7) is 5.34. The van der Waals surface area contributed by atoms with Crippen molar-refractivity contribution in [3.63, 3.8) is 0 Å². The first-order valence-corrected chi connectivity index (χ1v) is 10.9. The van der Waals surface area contributed by atoms with E-state index in [-0.39, 0.29) is 23.9 Å². The van der Waals surface area contributed by atoms with Gasteiger partial charge >= 0.3 is 6.03 Å². The number of amides is 2. The topological polar surface area (TPSA) is 107 Å². The number of Topliss-reactive ketones (excluding diaryl/α,β-unsaturated/α-hetero) is 1. The molecule has 166 valence electrons. The lowest BCUT2D eigenvalue weighted by atomic mass is 10.1. The zero-order valence-corrected chi connectivity index (χ0v) is 18.4. The highest BCUT2D eigenvalue weighted by Crippen LogP contribution is 2.26. The number of halogens is 1. The molecule has 2 aliphatic heterocycles. The standard InChI is InChI=1S/C22H23ClN6O3/c1-13-19(23)20(27-26-13)18(30)9-14-8-16-10-17(25-21(16)24-11-14)15-2-3-29(12-15)22(31)28-4-6-32-7-5-28/h2,8,10-11H,3-7,9,12H2,1H3,(H,24,25)(H,26,27). The third-order valence-corrected chi connectivity index (χ3v) is 6.31. The van der Waals surface area contributed by atoms with Gasteiger partial charge in [-0.2, -0.15) is 5.10 Å². The normalized spacial score (nSPS) is 16.6. The summed E-state index contributed by atoms with van der Waals surface area (Å²) in [4.78, 5) is 36.8. The number of carbonyl (C=O) groups is 2. The van der Waals surface area contributed by atoms with Crippen molar-refractivity contribution in [3.05, 3.63) is 52.1 Å². The Morgan fingerprint density at radius 2 is 2.03 bits per heavy atom. The van der Waals surface area contributed by atoms with Crippen LogP contribution in [0.2, 0.25) is 5.02 Å². The number of aromatic amines is 2. The minimum atomic E-state index is -0.160. The van der Waals surface area contributed by atoms with Crippen LogP contribution < -0.4 is 0 Å². The predicted octanol–water partition coefficient (Wildman–Crippen LogP) is 2.82. The van der Waals surface area contributed by atoms with Crippen molar-refractivity contribution in [3.8, 4) is 0 Å². The van der Waals surface area contributed by atoms with Gasteiger partial charge in [-0.1, -0.05) is 17.7 Å². The molecule has 0 saturated carbocycles. The molecule has 0 unspecified atom stereocenters. The lowest BCUT2D eigenvalue weighted by Gasteiger charge is -2.31. The molecular formula is C22H23ClN6O3. The summed E-state index contributed by atoms with van der Waals surface area (Å²) in [7, 11) is 0. The fourth-order valence-electron chi connectivity index (χ4n) is 4.05. The Hall–Kier alpha value is -3.17. The SMILES string of the molecule is Cc1[nH]nc(C(=O)Cc2cnc3[nH]c(C4=CCN(C(=O)N5CCOCC5)C4)cc3c2)c1Cl. The highest BCUT2D eigenvalue weighted by molar-refractivity contribution is 6.34. The molecular weight excluding hydrogens is 432 g/mol. The van der Waals surface area contributed by atoms with Crippen molar-refractivity contribution in [2.45, 2.75) is 13.3 Å². The van der Waals surface area contributed by atoms with E-state index in [0.717, 1.165) is 27.9 Å². The Morgan fingerprint density at radius 3 is 2.78 bits per heavy atom. The number of carbonyl (C=O) groups excluding carboxylic acids is 2. The van der Waals surface area contributed by atoms with Crippen molar-refractivity contribution in [2.75, 3.05) is 39.4 Å². The second kappa shape index (κ2) is 8.40. The van der Waals surface area contributed by atoms with E-state index in [1.165, 1.54) is 0 Å². The minimum absolute atomic E-state index is 0.0434. The number of H-pyrrole nitrogens is 2. The van der Waals surface area contributed by atoms with Gasteiger partial charge < -0.3 is 19.5 Å². The summed E-state index contributed by atoms with van der Waals surface area (Å²) in [5, 5.41) is 8.00. The number of hydrogen-bond donors (Lipinski definition) is 2. The third-order valence-electron chi connectivity index (χ3n) is 5.85. The first-order chi connectivity index (χ1) is 15.5. The van der Waals surface area contributed by atoms with Crippen molar-refractivity contribution >= 4 is 40.0 Å².